The summed E-state index contributed by atoms with van der Waals surface area (Å²) in [5, 5.41) is 19.1. The summed E-state index contributed by atoms with van der Waals surface area (Å²) in [5.41, 5.74) is 0. The third-order valence-corrected chi connectivity index (χ3v) is 9.79. The van der Waals surface area contributed by atoms with Crippen molar-refractivity contribution in [1.29, 1.82) is 0 Å². The Kier molecular flexibility index (Phi) is 25.0. The molecule has 3 aliphatic heterocycles. The van der Waals surface area contributed by atoms with Gasteiger partial charge in [-0.2, -0.15) is 0 Å². The maximum absolute atomic E-state index is 9.97. The molecule has 3 rings (SSSR count). The average Bonchev–Trinajstić information content (AvgIpc) is 3.35. The molecule has 0 aromatic rings. The minimum atomic E-state index is -0.520. The van der Waals surface area contributed by atoms with Gasteiger partial charge in [-0.25, -0.2) is 0 Å². The number of thiocarbonyl (C=S) groups is 2. The van der Waals surface area contributed by atoms with Gasteiger partial charge in [0.25, 0.3) is 0 Å². The summed E-state index contributed by atoms with van der Waals surface area (Å²) in [6.07, 6.45) is 1.03. The van der Waals surface area contributed by atoms with E-state index >= 15 is 0 Å². The predicted molar refractivity (Wildman–Crippen MR) is 186 cm³/mol. The zero-order chi connectivity index (χ0) is 33.6. The molecule has 3 aliphatic rings. The van der Waals surface area contributed by atoms with Crippen molar-refractivity contribution in [3.8, 4) is 0 Å². The van der Waals surface area contributed by atoms with E-state index in [0.29, 0.717) is 79.0 Å². The number of aliphatic hydroxyl groups is 2. The Bertz CT molecular complexity index is 720. The molecular weight excluding hydrogens is 665 g/mol. The van der Waals surface area contributed by atoms with E-state index in [9.17, 15) is 5.11 Å². The minimum absolute atomic E-state index is 0.00316. The number of aliphatic hydroxyl groups excluding tert-OH is 2. The Balaban J connectivity index is 0.000000340. The second kappa shape index (κ2) is 26.0. The third-order valence-electron chi connectivity index (χ3n) is 6.70. The quantitative estimate of drug-likeness (QED) is 0.0946. The number of hydrogen-bond acceptors (Lipinski definition) is 15. The van der Waals surface area contributed by atoms with Crippen LogP contribution in [-0.2, 0) is 42.6 Å². The van der Waals surface area contributed by atoms with E-state index in [2.05, 4.69) is 6.92 Å². The molecule has 11 nitrogen and oxygen atoms in total. The normalized spacial score (nSPS) is 23.7. The van der Waals surface area contributed by atoms with E-state index in [1.54, 1.807) is 11.8 Å². The second-order valence-corrected chi connectivity index (χ2v) is 13.8. The zero-order valence-corrected chi connectivity index (χ0v) is 31.1. The lowest BCUT2D eigenvalue weighted by Crippen LogP contribution is -2.31. The monoisotopic (exact) mass is 720 g/mol. The number of rotatable bonds is 21. The van der Waals surface area contributed by atoms with Gasteiger partial charge in [-0.15, -0.1) is 0 Å². The van der Waals surface area contributed by atoms with Crippen LogP contribution in [0.25, 0.3) is 0 Å². The van der Waals surface area contributed by atoms with Crippen molar-refractivity contribution in [3.63, 3.8) is 0 Å². The van der Waals surface area contributed by atoms with Gasteiger partial charge in [0.1, 0.15) is 19.3 Å². The fourth-order valence-electron chi connectivity index (χ4n) is 4.36. The van der Waals surface area contributed by atoms with Crippen LogP contribution in [0.2, 0.25) is 0 Å². The van der Waals surface area contributed by atoms with Crippen molar-refractivity contribution in [3.05, 3.63) is 0 Å². The lowest BCUT2D eigenvalue weighted by Gasteiger charge is -2.23. The summed E-state index contributed by atoms with van der Waals surface area (Å²) in [4.78, 5) is 0. The summed E-state index contributed by atoms with van der Waals surface area (Å²) in [6.45, 7) is 18.9. The zero-order valence-electron chi connectivity index (χ0n) is 27.9. The van der Waals surface area contributed by atoms with Crippen LogP contribution in [0.1, 0.15) is 67.7 Å². The van der Waals surface area contributed by atoms with Gasteiger partial charge in [-0.1, -0.05) is 30.4 Å². The highest BCUT2D eigenvalue weighted by Gasteiger charge is 2.40. The van der Waals surface area contributed by atoms with Gasteiger partial charge < -0.3 is 52.8 Å². The van der Waals surface area contributed by atoms with Crippen LogP contribution in [0.5, 0.6) is 0 Å². The maximum atomic E-state index is 9.97. The van der Waals surface area contributed by atoms with Gasteiger partial charge in [0.15, 0.2) is 18.9 Å². The average molecular weight is 721 g/mol. The molecule has 2 N–H and O–H groups in total. The number of hydrogen-bond donors (Lipinski definition) is 2. The summed E-state index contributed by atoms with van der Waals surface area (Å²) >= 11 is 13.0. The predicted octanol–water partition coefficient (Wildman–Crippen LogP) is 4.92. The third kappa shape index (κ3) is 19.0. The molecule has 0 amide bonds. The first-order valence-corrected chi connectivity index (χ1v) is 18.5. The van der Waals surface area contributed by atoms with Crippen LogP contribution in [0.4, 0.5) is 0 Å². The number of epoxide rings is 1. The number of thioether (sulfide) groups is 2. The molecule has 3 fully saturated rings. The molecule has 3 heterocycles. The largest absolute Gasteiger partial charge is 0.477 e. The lowest BCUT2D eigenvalue weighted by molar-refractivity contribution is -0.152. The number of ether oxygens (including phenoxy) is 9. The van der Waals surface area contributed by atoms with Gasteiger partial charge in [0, 0.05) is 58.9 Å². The minimum Gasteiger partial charge on any atom is -0.477 e. The summed E-state index contributed by atoms with van der Waals surface area (Å²) in [6, 6.07) is 0. The molecule has 0 radical (unpaired) electrons. The fraction of sp³-hybridized carbons (Fsp3) is 0.933. The van der Waals surface area contributed by atoms with Gasteiger partial charge in [0.2, 0.25) is 8.77 Å². The first-order valence-electron chi connectivity index (χ1n) is 16.0. The second-order valence-electron chi connectivity index (χ2n) is 10.1. The van der Waals surface area contributed by atoms with Gasteiger partial charge in [0.05, 0.1) is 29.3 Å². The summed E-state index contributed by atoms with van der Waals surface area (Å²) in [7, 11) is 0. The maximum Gasteiger partial charge on any atom is 0.220 e. The fourth-order valence-corrected chi connectivity index (χ4v) is 6.89. The molecule has 0 bridgehead atoms. The van der Waals surface area contributed by atoms with Crippen LogP contribution in [0.15, 0.2) is 0 Å². The molecule has 6 atom stereocenters. The Labute approximate surface area is 289 Å². The molecule has 3 saturated heterocycles. The Morgan fingerprint density at radius 2 is 1.11 bits per heavy atom. The Morgan fingerprint density at radius 3 is 1.49 bits per heavy atom. The molecule has 0 aromatic heterocycles. The van der Waals surface area contributed by atoms with Crippen molar-refractivity contribution >= 4 is 56.7 Å². The molecule has 0 spiro atoms. The van der Waals surface area contributed by atoms with Crippen LogP contribution in [0, 0.1) is 5.92 Å². The molecule has 45 heavy (non-hydrogen) atoms. The van der Waals surface area contributed by atoms with E-state index < -0.39 is 6.10 Å². The molecule has 0 aromatic carbocycles. The molecule has 2 unspecified atom stereocenters. The SMILES string of the molecule is CCOC(CC1OC1CO)OCC.CCOC(C[C@H](C)[C@H]1COC(=S)S1)OCC.CCOC(C[C@H](O)[C@H]1COC(=S)S1)OCC. The highest BCUT2D eigenvalue weighted by molar-refractivity contribution is 8.23. The summed E-state index contributed by atoms with van der Waals surface area (Å²) in [5.74, 6) is 0.480. The molecule has 0 saturated carbocycles. The van der Waals surface area contributed by atoms with E-state index in [4.69, 9.17) is 72.2 Å². The molecular formula is C30H56O11S4. The smallest absolute Gasteiger partial charge is 0.220 e. The van der Waals surface area contributed by atoms with Crippen molar-refractivity contribution in [2.45, 2.75) is 115 Å². The van der Waals surface area contributed by atoms with Crippen molar-refractivity contribution in [2.75, 3.05) is 59.5 Å². The van der Waals surface area contributed by atoms with Crippen LogP contribution >= 0.6 is 48.0 Å². The van der Waals surface area contributed by atoms with E-state index in [0.717, 1.165) is 13.0 Å². The van der Waals surface area contributed by atoms with Gasteiger partial charge in [-0.05, 0) is 71.9 Å². The van der Waals surface area contributed by atoms with E-state index in [-0.39, 0.29) is 42.9 Å². The van der Waals surface area contributed by atoms with Crippen molar-refractivity contribution in [1.82, 2.24) is 0 Å². The highest BCUT2D eigenvalue weighted by atomic mass is 32.2. The standard InChI is InChI=1S/C11H20O3S2.C10H18O4S2.C9H18O4/c1-4-12-10(13-5-2)6-8(3)9-7-14-11(15)16-9;1-3-12-9(13-4-2)5-7(11)8-6-14-10(15)16-8;1-3-11-9(12-4-2)5-7-8(6-10)13-7/h8-10H,4-7H2,1-3H3;7-9,11H,3-6H2,1-2H3;7-10H,3-6H2,1-2H3/t8-,9+;7-,8+;/m00./s1. The topological polar surface area (TPSA) is 127 Å². The van der Waals surface area contributed by atoms with E-state index in [1.807, 2.05) is 41.5 Å². The van der Waals surface area contributed by atoms with Gasteiger partial charge >= 0.3 is 0 Å². The Morgan fingerprint density at radius 1 is 0.689 bits per heavy atom. The molecule has 266 valence electrons. The first-order chi connectivity index (χ1) is 21.6. The highest BCUT2D eigenvalue weighted by Crippen LogP contribution is 2.32. The van der Waals surface area contributed by atoms with Crippen LogP contribution < -0.4 is 0 Å². The van der Waals surface area contributed by atoms with Crippen LogP contribution in [-0.4, -0.2) is 126 Å². The Hall–Kier alpha value is 0.120. The lowest BCUT2D eigenvalue weighted by atomic mass is 10.0. The van der Waals surface area contributed by atoms with Gasteiger partial charge in [-0.3, -0.25) is 0 Å². The van der Waals surface area contributed by atoms with Crippen molar-refractivity contribution in [2.24, 2.45) is 5.92 Å². The van der Waals surface area contributed by atoms with E-state index in [1.165, 1.54) is 11.8 Å². The molecule has 0 aliphatic carbocycles. The first kappa shape index (κ1) is 43.1. The molecule has 15 heteroatoms. The summed E-state index contributed by atoms with van der Waals surface area (Å²) < 4.78 is 49.3. The van der Waals surface area contributed by atoms with Crippen molar-refractivity contribution < 1.29 is 52.8 Å². The van der Waals surface area contributed by atoms with Crippen LogP contribution in [0.3, 0.4) is 0 Å².